The first-order chi connectivity index (χ1) is 10.1. The van der Waals surface area contributed by atoms with Crippen LogP contribution in [0.25, 0.3) is 0 Å². The van der Waals surface area contributed by atoms with Gasteiger partial charge in [0.1, 0.15) is 12.4 Å². The molecule has 0 saturated heterocycles. The van der Waals surface area contributed by atoms with Crippen molar-refractivity contribution in [1.29, 1.82) is 0 Å². The summed E-state index contributed by atoms with van der Waals surface area (Å²) in [4.78, 5) is 0. The zero-order valence-electron chi connectivity index (χ0n) is 11.8. The molecule has 0 aliphatic heterocycles. The van der Waals surface area contributed by atoms with Gasteiger partial charge in [-0.1, -0.05) is 0 Å². The molecule has 112 valence electrons. The van der Waals surface area contributed by atoms with Gasteiger partial charge < -0.3 is 10.1 Å². The van der Waals surface area contributed by atoms with Crippen molar-refractivity contribution in [2.24, 2.45) is 7.05 Å². The van der Waals surface area contributed by atoms with Crippen molar-refractivity contribution < 1.29 is 4.74 Å². The average Bonchev–Trinajstić information content (AvgIpc) is 3.17. The van der Waals surface area contributed by atoms with Crippen LogP contribution in [0, 0.1) is 0 Å². The summed E-state index contributed by atoms with van der Waals surface area (Å²) in [6.07, 6.45) is 4.51. The van der Waals surface area contributed by atoms with Crippen LogP contribution in [0.4, 0.5) is 0 Å². The number of hydrogen-bond donors (Lipinski definition) is 1. The highest BCUT2D eigenvalue weighted by molar-refractivity contribution is 9.11. The zero-order chi connectivity index (χ0) is 14.8. The molecule has 1 aromatic heterocycles. The highest BCUT2D eigenvalue weighted by Gasteiger charge is 2.20. The fraction of sp³-hybridized carbons (Fsp3) is 0.400. The molecule has 0 bridgehead atoms. The van der Waals surface area contributed by atoms with Crippen molar-refractivity contribution in [3.8, 4) is 5.75 Å². The van der Waals surface area contributed by atoms with Crippen LogP contribution in [0.3, 0.4) is 0 Å². The van der Waals surface area contributed by atoms with Gasteiger partial charge in [-0.15, -0.1) is 0 Å². The highest BCUT2D eigenvalue weighted by Crippen LogP contribution is 2.35. The molecule has 4 nitrogen and oxygen atoms in total. The van der Waals surface area contributed by atoms with E-state index in [-0.39, 0.29) is 0 Å². The lowest BCUT2D eigenvalue weighted by Crippen LogP contribution is -2.15. The Kier molecular flexibility index (Phi) is 4.66. The molecule has 0 unspecified atom stereocenters. The third-order valence-corrected chi connectivity index (χ3v) is 4.54. The van der Waals surface area contributed by atoms with Crippen molar-refractivity contribution in [1.82, 2.24) is 15.1 Å². The summed E-state index contributed by atoms with van der Waals surface area (Å²) >= 11 is 7.18. The number of nitrogens with one attached hydrogen (secondary N) is 1. The second-order valence-electron chi connectivity index (χ2n) is 5.31. The van der Waals surface area contributed by atoms with Crippen LogP contribution in [-0.2, 0) is 20.2 Å². The van der Waals surface area contributed by atoms with Gasteiger partial charge in [0.25, 0.3) is 0 Å². The maximum absolute atomic E-state index is 5.87. The van der Waals surface area contributed by atoms with E-state index < -0.39 is 0 Å². The van der Waals surface area contributed by atoms with Crippen molar-refractivity contribution in [3.05, 3.63) is 44.6 Å². The largest absolute Gasteiger partial charge is 0.485 e. The maximum atomic E-state index is 5.87. The first-order valence-electron chi connectivity index (χ1n) is 6.94. The average molecular weight is 415 g/mol. The van der Waals surface area contributed by atoms with Gasteiger partial charge in [0.15, 0.2) is 0 Å². The maximum Gasteiger partial charge on any atom is 0.148 e. The molecule has 0 spiro atoms. The SMILES string of the molecule is Cn1ccc(COc2c(Br)cc(CNC3CC3)cc2Br)n1. The Morgan fingerprint density at radius 1 is 1.33 bits per heavy atom. The van der Waals surface area contributed by atoms with Gasteiger partial charge in [-0.25, -0.2) is 0 Å². The van der Waals surface area contributed by atoms with E-state index in [9.17, 15) is 0 Å². The van der Waals surface area contributed by atoms with E-state index in [2.05, 4.69) is 54.4 Å². The van der Waals surface area contributed by atoms with Crippen LogP contribution in [0.15, 0.2) is 33.3 Å². The lowest BCUT2D eigenvalue weighted by Gasteiger charge is -2.12. The van der Waals surface area contributed by atoms with Crippen molar-refractivity contribution in [2.75, 3.05) is 0 Å². The van der Waals surface area contributed by atoms with E-state index in [1.165, 1.54) is 18.4 Å². The number of aromatic nitrogens is 2. The van der Waals surface area contributed by atoms with Gasteiger partial charge in [-0.3, -0.25) is 4.68 Å². The van der Waals surface area contributed by atoms with Gasteiger partial charge in [0, 0.05) is 25.8 Å². The molecule has 3 rings (SSSR count). The molecule has 1 saturated carbocycles. The molecule has 6 heteroatoms. The van der Waals surface area contributed by atoms with Crippen molar-refractivity contribution >= 4 is 31.9 Å². The zero-order valence-corrected chi connectivity index (χ0v) is 14.9. The molecule has 1 heterocycles. The summed E-state index contributed by atoms with van der Waals surface area (Å²) in [6, 6.07) is 6.87. The van der Waals surface area contributed by atoms with Crippen molar-refractivity contribution in [3.63, 3.8) is 0 Å². The molecule has 2 aromatic rings. The second kappa shape index (κ2) is 6.50. The lowest BCUT2D eigenvalue weighted by atomic mass is 10.2. The standard InChI is InChI=1S/C15H17Br2N3O/c1-20-5-4-12(19-20)9-21-15-13(16)6-10(7-14(15)17)8-18-11-2-3-11/h4-7,11,18H,2-3,8-9H2,1H3. The summed E-state index contributed by atoms with van der Waals surface area (Å²) in [6.45, 7) is 1.35. The summed E-state index contributed by atoms with van der Waals surface area (Å²) in [7, 11) is 1.90. The molecule has 0 amide bonds. The van der Waals surface area contributed by atoms with Gasteiger partial charge in [-0.2, -0.15) is 5.10 Å². The molecule has 1 aromatic carbocycles. The third-order valence-electron chi connectivity index (χ3n) is 3.36. The quantitative estimate of drug-likeness (QED) is 0.781. The third kappa shape index (κ3) is 4.08. The topological polar surface area (TPSA) is 39.1 Å². The van der Waals surface area contributed by atoms with Crippen LogP contribution in [-0.4, -0.2) is 15.8 Å². The highest BCUT2D eigenvalue weighted by atomic mass is 79.9. The van der Waals surface area contributed by atoms with Gasteiger partial charge in [-0.05, 0) is 68.5 Å². The summed E-state index contributed by atoms with van der Waals surface area (Å²) in [5.74, 6) is 0.816. The Labute approximate surface area is 141 Å². The number of hydrogen-bond acceptors (Lipinski definition) is 3. The van der Waals surface area contributed by atoms with E-state index in [1.54, 1.807) is 4.68 Å². The number of nitrogens with zero attached hydrogens (tertiary/aromatic N) is 2. The minimum absolute atomic E-state index is 0.456. The molecule has 0 radical (unpaired) electrons. The van der Waals surface area contributed by atoms with Crippen LogP contribution in [0.2, 0.25) is 0 Å². The molecule has 21 heavy (non-hydrogen) atoms. The molecule has 1 aliphatic rings. The molecule has 1 N–H and O–H groups in total. The van der Waals surface area contributed by atoms with Crippen LogP contribution in [0.5, 0.6) is 5.75 Å². The Balaban J connectivity index is 1.66. The molecule has 1 aliphatic carbocycles. The Morgan fingerprint density at radius 2 is 2.05 bits per heavy atom. The van der Waals surface area contributed by atoms with Crippen LogP contribution < -0.4 is 10.1 Å². The lowest BCUT2D eigenvalue weighted by molar-refractivity contribution is 0.296. The first kappa shape index (κ1) is 15.1. The number of benzene rings is 1. The summed E-state index contributed by atoms with van der Waals surface area (Å²) in [5, 5.41) is 7.82. The number of halogens is 2. The number of rotatable bonds is 6. The summed E-state index contributed by atoms with van der Waals surface area (Å²) < 4.78 is 9.56. The van der Waals surface area contributed by atoms with Gasteiger partial charge in [0.05, 0.1) is 14.6 Å². The molecule has 1 fully saturated rings. The predicted octanol–water partition coefficient (Wildman–Crippen LogP) is 3.78. The fourth-order valence-electron chi connectivity index (χ4n) is 2.09. The first-order valence-corrected chi connectivity index (χ1v) is 8.53. The van der Waals surface area contributed by atoms with Gasteiger partial charge in [0.2, 0.25) is 0 Å². The number of ether oxygens (including phenoxy) is 1. The second-order valence-corrected chi connectivity index (χ2v) is 7.02. The van der Waals surface area contributed by atoms with E-state index in [0.717, 1.165) is 26.9 Å². The molecular formula is C15H17Br2N3O. The smallest absolute Gasteiger partial charge is 0.148 e. The Morgan fingerprint density at radius 3 is 2.62 bits per heavy atom. The van der Waals surface area contributed by atoms with E-state index in [0.29, 0.717) is 12.6 Å². The van der Waals surface area contributed by atoms with E-state index in [1.807, 2.05) is 19.3 Å². The monoisotopic (exact) mass is 413 g/mol. The Hall–Kier alpha value is -0.850. The van der Waals surface area contributed by atoms with Crippen LogP contribution >= 0.6 is 31.9 Å². The minimum Gasteiger partial charge on any atom is -0.485 e. The van der Waals surface area contributed by atoms with Crippen LogP contribution in [0.1, 0.15) is 24.1 Å². The predicted molar refractivity (Wildman–Crippen MR) is 89.2 cm³/mol. The van der Waals surface area contributed by atoms with E-state index >= 15 is 0 Å². The molecular weight excluding hydrogens is 398 g/mol. The van der Waals surface area contributed by atoms with E-state index in [4.69, 9.17) is 4.74 Å². The summed E-state index contributed by atoms with van der Waals surface area (Å²) in [5.41, 5.74) is 2.15. The minimum atomic E-state index is 0.456. The Bertz CT molecular complexity index is 615. The number of aryl methyl sites for hydroxylation is 1. The normalized spacial score (nSPS) is 14.4. The van der Waals surface area contributed by atoms with Crippen molar-refractivity contribution in [2.45, 2.75) is 32.0 Å². The fourth-order valence-corrected chi connectivity index (χ4v) is 3.60. The molecule has 0 atom stereocenters. The van der Waals surface area contributed by atoms with Gasteiger partial charge >= 0.3 is 0 Å².